The zero-order chi connectivity index (χ0) is 18.5. The highest BCUT2D eigenvalue weighted by Gasteiger charge is 2.31. The Labute approximate surface area is 152 Å². The minimum Gasteiger partial charge on any atom is -0.497 e. The number of hydrogen-bond acceptors (Lipinski definition) is 7. The van der Waals surface area contributed by atoms with Crippen molar-refractivity contribution in [3.8, 4) is 5.75 Å². The second-order valence-electron chi connectivity index (χ2n) is 6.26. The molecule has 3 rings (SSSR count). The van der Waals surface area contributed by atoms with Crippen molar-refractivity contribution in [2.75, 3.05) is 23.9 Å². The molecule has 0 bridgehead atoms. The highest BCUT2D eigenvalue weighted by Crippen LogP contribution is 2.37. The predicted octanol–water partition coefficient (Wildman–Crippen LogP) is 3.91. The van der Waals surface area contributed by atoms with Crippen LogP contribution in [-0.4, -0.2) is 34.6 Å². The van der Waals surface area contributed by atoms with Crippen molar-refractivity contribution in [3.63, 3.8) is 0 Å². The van der Waals surface area contributed by atoms with E-state index in [2.05, 4.69) is 27.1 Å². The first-order valence-electron chi connectivity index (χ1n) is 8.81. The highest BCUT2D eigenvalue weighted by atomic mass is 16.6. The third-order valence-electron chi connectivity index (χ3n) is 4.71. The van der Waals surface area contributed by atoms with Crippen LogP contribution in [0.4, 0.5) is 23.0 Å². The van der Waals surface area contributed by atoms with Crippen LogP contribution in [0.5, 0.6) is 5.75 Å². The van der Waals surface area contributed by atoms with E-state index < -0.39 is 4.92 Å². The SMILES string of the molecule is CCC1CCCCN1c1ncnc(Nc2ccc(OC)cc2)c1[N+](=O)[O-]. The van der Waals surface area contributed by atoms with Gasteiger partial charge < -0.3 is 15.0 Å². The quantitative estimate of drug-likeness (QED) is 0.619. The minimum atomic E-state index is -0.400. The summed E-state index contributed by atoms with van der Waals surface area (Å²) < 4.78 is 5.14. The van der Waals surface area contributed by atoms with Crippen LogP contribution in [0.25, 0.3) is 0 Å². The number of nitrogens with one attached hydrogen (secondary N) is 1. The van der Waals surface area contributed by atoms with Crippen LogP contribution in [0.1, 0.15) is 32.6 Å². The zero-order valence-electron chi connectivity index (χ0n) is 15.0. The van der Waals surface area contributed by atoms with Crippen LogP contribution in [0.3, 0.4) is 0 Å². The van der Waals surface area contributed by atoms with Gasteiger partial charge in [-0.2, -0.15) is 0 Å². The van der Waals surface area contributed by atoms with Gasteiger partial charge in [0.15, 0.2) is 0 Å². The number of hydrogen-bond donors (Lipinski definition) is 1. The molecule has 1 unspecified atom stereocenters. The summed E-state index contributed by atoms with van der Waals surface area (Å²) >= 11 is 0. The monoisotopic (exact) mass is 357 g/mol. The second kappa shape index (κ2) is 7.99. The summed E-state index contributed by atoms with van der Waals surface area (Å²) in [4.78, 5) is 21.9. The molecule has 2 aromatic rings. The fourth-order valence-corrected chi connectivity index (χ4v) is 3.35. The van der Waals surface area contributed by atoms with Crippen LogP contribution in [0, 0.1) is 10.1 Å². The molecule has 138 valence electrons. The Morgan fingerprint density at radius 2 is 2.08 bits per heavy atom. The van der Waals surface area contributed by atoms with E-state index in [0.29, 0.717) is 17.3 Å². The molecule has 1 aliphatic heterocycles. The smallest absolute Gasteiger partial charge is 0.353 e. The molecule has 2 heterocycles. The van der Waals surface area contributed by atoms with Gasteiger partial charge in [0.1, 0.15) is 12.1 Å². The van der Waals surface area contributed by atoms with Gasteiger partial charge in [0.25, 0.3) is 0 Å². The van der Waals surface area contributed by atoms with E-state index in [9.17, 15) is 10.1 Å². The van der Waals surface area contributed by atoms with Crippen LogP contribution in [-0.2, 0) is 0 Å². The van der Waals surface area contributed by atoms with Gasteiger partial charge in [0.05, 0.1) is 12.0 Å². The molecular formula is C18H23N5O3. The van der Waals surface area contributed by atoms with E-state index >= 15 is 0 Å². The highest BCUT2D eigenvalue weighted by molar-refractivity contribution is 5.74. The van der Waals surface area contributed by atoms with Crippen molar-refractivity contribution in [2.45, 2.75) is 38.6 Å². The van der Waals surface area contributed by atoms with E-state index in [0.717, 1.165) is 32.2 Å². The van der Waals surface area contributed by atoms with Gasteiger partial charge in [0.2, 0.25) is 11.6 Å². The normalized spacial score (nSPS) is 17.0. The third-order valence-corrected chi connectivity index (χ3v) is 4.71. The summed E-state index contributed by atoms with van der Waals surface area (Å²) in [5.41, 5.74) is 0.618. The molecular weight excluding hydrogens is 334 g/mol. The lowest BCUT2D eigenvalue weighted by atomic mass is 10.00. The second-order valence-corrected chi connectivity index (χ2v) is 6.26. The maximum absolute atomic E-state index is 11.8. The number of ether oxygens (including phenoxy) is 1. The number of nitrogens with zero attached hydrogens (tertiary/aromatic N) is 4. The van der Waals surface area contributed by atoms with Crippen molar-refractivity contribution >= 4 is 23.0 Å². The van der Waals surface area contributed by atoms with Gasteiger partial charge in [-0.3, -0.25) is 10.1 Å². The fourth-order valence-electron chi connectivity index (χ4n) is 3.35. The molecule has 1 atom stereocenters. The minimum absolute atomic E-state index is 0.0799. The Bertz CT molecular complexity index is 766. The number of benzene rings is 1. The van der Waals surface area contributed by atoms with Crippen molar-refractivity contribution in [2.24, 2.45) is 0 Å². The number of piperidine rings is 1. The first-order chi connectivity index (χ1) is 12.6. The molecule has 1 aliphatic rings. The Morgan fingerprint density at radius 3 is 2.73 bits per heavy atom. The number of rotatable bonds is 6. The zero-order valence-corrected chi connectivity index (χ0v) is 15.0. The Balaban J connectivity index is 1.96. The number of methoxy groups -OCH3 is 1. The Morgan fingerprint density at radius 1 is 1.31 bits per heavy atom. The summed E-state index contributed by atoms with van der Waals surface area (Å²) in [6.07, 6.45) is 5.50. The lowest BCUT2D eigenvalue weighted by Crippen LogP contribution is -2.40. The summed E-state index contributed by atoms with van der Waals surface area (Å²) in [6, 6.07) is 7.42. The number of aromatic nitrogens is 2. The molecule has 8 heteroatoms. The number of anilines is 3. The fraction of sp³-hybridized carbons (Fsp3) is 0.444. The first kappa shape index (κ1) is 17.9. The molecule has 0 aliphatic carbocycles. The maximum atomic E-state index is 11.8. The summed E-state index contributed by atoms with van der Waals surface area (Å²) in [7, 11) is 1.59. The molecule has 0 spiro atoms. The molecule has 1 aromatic carbocycles. The van der Waals surface area contributed by atoms with Crippen LogP contribution >= 0.6 is 0 Å². The first-order valence-corrected chi connectivity index (χ1v) is 8.81. The summed E-state index contributed by atoms with van der Waals surface area (Å²) in [5, 5.41) is 14.9. The lowest BCUT2D eigenvalue weighted by molar-refractivity contribution is -0.383. The van der Waals surface area contributed by atoms with Crippen molar-refractivity contribution in [3.05, 3.63) is 40.7 Å². The van der Waals surface area contributed by atoms with Gasteiger partial charge >= 0.3 is 5.69 Å². The molecule has 26 heavy (non-hydrogen) atoms. The Hall–Kier alpha value is -2.90. The van der Waals surface area contributed by atoms with Crippen LogP contribution in [0.15, 0.2) is 30.6 Å². The van der Waals surface area contributed by atoms with Gasteiger partial charge in [-0.05, 0) is 49.9 Å². The summed E-state index contributed by atoms with van der Waals surface area (Å²) in [5.74, 6) is 1.31. The van der Waals surface area contributed by atoms with Crippen molar-refractivity contribution < 1.29 is 9.66 Å². The molecule has 0 saturated carbocycles. The molecule has 0 radical (unpaired) electrons. The van der Waals surface area contributed by atoms with Crippen LogP contribution < -0.4 is 15.0 Å². The maximum Gasteiger partial charge on any atom is 0.353 e. The van der Waals surface area contributed by atoms with E-state index in [1.807, 2.05) is 0 Å². The average Bonchev–Trinajstić information content (AvgIpc) is 2.68. The molecule has 1 fully saturated rings. The molecule has 1 aromatic heterocycles. The third kappa shape index (κ3) is 3.68. The van der Waals surface area contributed by atoms with E-state index in [1.165, 1.54) is 6.33 Å². The predicted molar refractivity (Wildman–Crippen MR) is 100 cm³/mol. The van der Waals surface area contributed by atoms with E-state index in [4.69, 9.17) is 4.74 Å². The average molecular weight is 357 g/mol. The molecule has 1 N–H and O–H groups in total. The topological polar surface area (TPSA) is 93.4 Å². The number of nitro groups is 1. The standard InChI is InChI=1S/C18H23N5O3/c1-3-14-6-4-5-11-22(14)18-16(23(24)25)17(19-12-20-18)21-13-7-9-15(26-2)10-8-13/h7-10,12,14H,3-6,11H2,1-2H3,(H,19,20,21). The van der Waals surface area contributed by atoms with Crippen molar-refractivity contribution in [1.82, 2.24) is 9.97 Å². The molecule has 1 saturated heterocycles. The van der Waals surface area contributed by atoms with Crippen molar-refractivity contribution in [1.29, 1.82) is 0 Å². The van der Waals surface area contributed by atoms with E-state index in [-0.39, 0.29) is 17.5 Å². The summed E-state index contributed by atoms with van der Waals surface area (Å²) in [6.45, 7) is 2.88. The van der Waals surface area contributed by atoms with E-state index in [1.54, 1.807) is 31.4 Å². The molecule has 0 amide bonds. The van der Waals surface area contributed by atoms with Gasteiger partial charge in [0, 0.05) is 18.3 Å². The van der Waals surface area contributed by atoms with Crippen LogP contribution in [0.2, 0.25) is 0 Å². The molecule has 8 nitrogen and oxygen atoms in total. The van der Waals surface area contributed by atoms with Gasteiger partial charge in [-0.15, -0.1) is 0 Å². The van der Waals surface area contributed by atoms with Gasteiger partial charge in [-0.25, -0.2) is 9.97 Å². The van der Waals surface area contributed by atoms with Gasteiger partial charge in [-0.1, -0.05) is 6.92 Å². The Kier molecular flexibility index (Phi) is 5.50. The largest absolute Gasteiger partial charge is 0.497 e. The lowest BCUT2D eigenvalue weighted by Gasteiger charge is -2.35.